The van der Waals surface area contributed by atoms with Crippen molar-refractivity contribution >= 4 is 29.2 Å². The van der Waals surface area contributed by atoms with Gasteiger partial charge in [0.2, 0.25) is 0 Å². The van der Waals surface area contributed by atoms with Gasteiger partial charge in [-0.3, -0.25) is 4.90 Å². The second-order valence-corrected chi connectivity index (χ2v) is 7.51. The highest BCUT2D eigenvalue weighted by atomic mass is 35.5. The third-order valence-corrected chi connectivity index (χ3v) is 5.50. The minimum absolute atomic E-state index is 0.0708. The topological polar surface area (TPSA) is 76.1 Å². The molecule has 4 rings (SSSR count). The Balaban J connectivity index is 1.52. The molecule has 1 saturated heterocycles. The summed E-state index contributed by atoms with van der Waals surface area (Å²) in [7, 11) is 0. The normalized spacial score (nSPS) is 20.7. The molecule has 6 nitrogen and oxygen atoms in total. The van der Waals surface area contributed by atoms with Crippen molar-refractivity contribution in [3.63, 3.8) is 0 Å². The summed E-state index contributed by atoms with van der Waals surface area (Å²) in [6.45, 7) is 1.04. The predicted octanol–water partition coefficient (Wildman–Crippen LogP) is 4.23. The first-order chi connectivity index (χ1) is 14.0. The molecule has 0 saturated carbocycles. The lowest BCUT2D eigenvalue weighted by atomic mass is 9.90. The van der Waals surface area contributed by atoms with Gasteiger partial charge in [-0.05, 0) is 35.3 Å². The Kier molecular flexibility index (Phi) is 5.56. The van der Waals surface area contributed by atoms with Gasteiger partial charge in [-0.2, -0.15) is 0 Å². The molecule has 1 amide bonds. The Bertz CT molecular complexity index is 959. The zero-order chi connectivity index (χ0) is 20.4. The molecule has 0 radical (unpaired) electrons. The fraction of sp³-hybridized carbons (Fsp3) is 0.273. The number of nitrogens with zero attached hydrogens (tertiary/aromatic N) is 1. The molecule has 0 spiro atoms. The molecule has 2 aromatic rings. The van der Waals surface area contributed by atoms with Crippen LogP contribution in [0.3, 0.4) is 0 Å². The molecule has 29 heavy (non-hydrogen) atoms. The highest BCUT2D eigenvalue weighted by molar-refractivity contribution is 6.33. The van der Waals surface area contributed by atoms with E-state index in [-0.39, 0.29) is 35.4 Å². The quantitative estimate of drug-likeness (QED) is 0.811. The first-order valence-corrected chi connectivity index (χ1v) is 9.71. The van der Waals surface area contributed by atoms with E-state index in [1.165, 1.54) is 6.07 Å². The van der Waals surface area contributed by atoms with Gasteiger partial charge in [0.1, 0.15) is 6.61 Å². The zero-order valence-electron chi connectivity index (χ0n) is 15.6. The molecule has 0 aromatic heterocycles. The lowest BCUT2D eigenvalue weighted by molar-refractivity contribution is -0.0342. The number of rotatable bonds is 4. The molecule has 2 atom stereocenters. The van der Waals surface area contributed by atoms with Crippen molar-refractivity contribution < 1.29 is 24.2 Å². The molecule has 2 aliphatic heterocycles. The number of carboxylic acids is 1. The number of morpholine rings is 1. The van der Waals surface area contributed by atoms with E-state index in [0.29, 0.717) is 19.6 Å². The molecule has 2 bridgehead atoms. The van der Waals surface area contributed by atoms with E-state index < -0.39 is 5.97 Å². The van der Waals surface area contributed by atoms with Crippen molar-refractivity contribution in [3.8, 4) is 0 Å². The van der Waals surface area contributed by atoms with Crippen LogP contribution in [0.25, 0.3) is 5.57 Å². The van der Waals surface area contributed by atoms with Crippen LogP contribution in [0.4, 0.5) is 4.79 Å². The second-order valence-electron chi connectivity index (χ2n) is 7.10. The van der Waals surface area contributed by atoms with Crippen LogP contribution in [-0.2, 0) is 16.1 Å². The van der Waals surface area contributed by atoms with Crippen LogP contribution in [0.15, 0.2) is 54.6 Å². The number of amides is 1. The lowest BCUT2D eigenvalue weighted by Gasteiger charge is -2.43. The molecule has 7 heteroatoms. The molecule has 0 aliphatic carbocycles. The molecule has 2 aliphatic rings. The molecular formula is C22H20ClNO5. The monoisotopic (exact) mass is 413 g/mol. The van der Waals surface area contributed by atoms with Gasteiger partial charge >= 0.3 is 12.1 Å². The van der Waals surface area contributed by atoms with Crippen LogP contribution < -0.4 is 0 Å². The van der Waals surface area contributed by atoms with Gasteiger partial charge in [-0.25, -0.2) is 9.59 Å². The third kappa shape index (κ3) is 4.13. The number of carbonyl (C=O) groups excluding carboxylic acids is 1. The summed E-state index contributed by atoms with van der Waals surface area (Å²) in [5, 5.41) is 9.35. The van der Waals surface area contributed by atoms with Gasteiger partial charge in [-0.15, -0.1) is 0 Å². The van der Waals surface area contributed by atoms with Crippen LogP contribution in [0, 0.1) is 0 Å². The van der Waals surface area contributed by atoms with Crippen molar-refractivity contribution in [1.29, 1.82) is 0 Å². The maximum Gasteiger partial charge on any atom is 0.411 e. The summed E-state index contributed by atoms with van der Waals surface area (Å²) in [5.74, 6) is -1.06. The highest BCUT2D eigenvalue weighted by Crippen LogP contribution is 2.34. The van der Waals surface area contributed by atoms with E-state index in [1.807, 2.05) is 36.4 Å². The third-order valence-electron chi connectivity index (χ3n) is 5.18. The van der Waals surface area contributed by atoms with Crippen LogP contribution in [0.1, 0.15) is 27.9 Å². The van der Waals surface area contributed by atoms with E-state index in [9.17, 15) is 9.59 Å². The largest absolute Gasteiger partial charge is 0.478 e. The summed E-state index contributed by atoms with van der Waals surface area (Å²) < 4.78 is 11.2. The second kappa shape index (κ2) is 8.27. The van der Waals surface area contributed by atoms with Crippen LogP contribution >= 0.6 is 11.6 Å². The Hall–Kier alpha value is -2.83. The van der Waals surface area contributed by atoms with E-state index in [4.69, 9.17) is 26.2 Å². The summed E-state index contributed by atoms with van der Waals surface area (Å²) in [6.07, 6.45) is 2.20. The highest BCUT2D eigenvalue weighted by Gasteiger charge is 2.39. The van der Waals surface area contributed by atoms with Gasteiger partial charge in [0.15, 0.2) is 0 Å². The Morgan fingerprint density at radius 2 is 1.97 bits per heavy atom. The van der Waals surface area contributed by atoms with E-state index in [0.717, 1.165) is 16.7 Å². The molecule has 1 N–H and O–H groups in total. The summed E-state index contributed by atoms with van der Waals surface area (Å²) in [4.78, 5) is 25.7. The van der Waals surface area contributed by atoms with Crippen LogP contribution in [-0.4, -0.2) is 47.4 Å². The van der Waals surface area contributed by atoms with Crippen molar-refractivity contribution in [2.24, 2.45) is 0 Å². The summed E-state index contributed by atoms with van der Waals surface area (Å²) in [5.41, 5.74) is 2.88. The molecule has 2 heterocycles. The van der Waals surface area contributed by atoms with E-state index in [1.54, 1.807) is 17.0 Å². The minimum atomic E-state index is -1.06. The average Bonchev–Trinajstić information content (AvgIpc) is 2.71. The molecule has 2 aromatic carbocycles. The first kappa shape index (κ1) is 19.5. The van der Waals surface area contributed by atoms with Crippen LogP contribution in [0.2, 0.25) is 5.02 Å². The number of aromatic carboxylic acids is 1. The number of hydrogen-bond acceptors (Lipinski definition) is 4. The zero-order valence-corrected chi connectivity index (χ0v) is 16.3. The number of benzene rings is 2. The average molecular weight is 414 g/mol. The number of carboxylic acid groups (broad SMARTS) is 1. The van der Waals surface area contributed by atoms with Gasteiger partial charge in [0.05, 0.1) is 35.9 Å². The van der Waals surface area contributed by atoms with Crippen molar-refractivity contribution in [3.05, 3.63) is 76.3 Å². The van der Waals surface area contributed by atoms with Gasteiger partial charge in [0, 0.05) is 0 Å². The van der Waals surface area contributed by atoms with Crippen LogP contribution in [0.5, 0.6) is 0 Å². The minimum Gasteiger partial charge on any atom is -0.478 e. The Morgan fingerprint density at radius 1 is 1.17 bits per heavy atom. The number of hydrogen-bond donors (Lipinski definition) is 1. The number of fused-ring (bicyclic) bond motifs is 2. The Labute approximate surface area is 173 Å². The Morgan fingerprint density at radius 3 is 2.66 bits per heavy atom. The fourth-order valence-electron chi connectivity index (χ4n) is 3.78. The van der Waals surface area contributed by atoms with E-state index in [2.05, 4.69) is 0 Å². The van der Waals surface area contributed by atoms with E-state index >= 15 is 0 Å². The predicted molar refractivity (Wildman–Crippen MR) is 108 cm³/mol. The number of ether oxygens (including phenoxy) is 2. The van der Waals surface area contributed by atoms with Crippen molar-refractivity contribution in [2.45, 2.75) is 25.1 Å². The van der Waals surface area contributed by atoms with Gasteiger partial charge in [-0.1, -0.05) is 54.1 Å². The molecule has 150 valence electrons. The number of halogens is 1. The molecule has 1 fully saturated rings. The lowest BCUT2D eigenvalue weighted by Crippen LogP contribution is -2.56. The SMILES string of the molecule is O=C(O)c1ccc(C2=CC3COCC(C2)N3C(=O)OCc2ccccc2)cc1Cl. The van der Waals surface area contributed by atoms with Gasteiger partial charge < -0.3 is 14.6 Å². The number of carbonyl (C=O) groups is 2. The summed E-state index contributed by atoms with van der Waals surface area (Å²) >= 11 is 6.13. The fourth-order valence-corrected chi connectivity index (χ4v) is 4.04. The molecular weight excluding hydrogens is 394 g/mol. The summed E-state index contributed by atoms with van der Waals surface area (Å²) in [6, 6.07) is 14.1. The molecule has 2 unspecified atom stereocenters. The first-order valence-electron chi connectivity index (χ1n) is 9.33. The maximum atomic E-state index is 12.7. The maximum absolute atomic E-state index is 12.7. The smallest absolute Gasteiger partial charge is 0.411 e. The van der Waals surface area contributed by atoms with Crippen molar-refractivity contribution in [2.75, 3.05) is 13.2 Å². The standard InChI is InChI=1S/C22H20ClNO5/c23-20-10-15(6-7-19(20)21(25)26)16-8-17-12-28-13-18(9-16)24(17)22(27)29-11-14-4-2-1-3-5-14/h1-8,10,17-18H,9,11-13H2,(H,25,26). The van der Waals surface area contributed by atoms with Crippen molar-refractivity contribution in [1.82, 2.24) is 4.90 Å². The van der Waals surface area contributed by atoms with Gasteiger partial charge in [0.25, 0.3) is 0 Å².